The zero-order valence-electron chi connectivity index (χ0n) is 17.2. The molecule has 0 aliphatic heterocycles. The minimum atomic E-state index is -0.571. The highest BCUT2D eigenvalue weighted by Gasteiger charge is 2.16. The summed E-state index contributed by atoms with van der Waals surface area (Å²) in [5.41, 5.74) is 2.18. The van der Waals surface area contributed by atoms with Gasteiger partial charge in [0.25, 0.3) is 5.91 Å². The second kappa shape index (κ2) is 9.78. The summed E-state index contributed by atoms with van der Waals surface area (Å²) in [5.74, 6) is 0.444. The van der Waals surface area contributed by atoms with Crippen LogP contribution < -0.4 is 14.2 Å². The Labute approximate surface area is 175 Å². The minimum Gasteiger partial charge on any atom is -0.494 e. The van der Waals surface area contributed by atoms with Crippen LogP contribution in [-0.2, 0) is 13.2 Å². The lowest BCUT2D eigenvalue weighted by atomic mass is 10.1. The number of nitrogens with zero attached hydrogens (tertiary/aromatic N) is 1. The zero-order valence-corrected chi connectivity index (χ0v) is 17.2. The van der Waals surface area contributed by atoms with Crippen LogP contribution >= 0.6 is 0 Å². The molecule has 3 aromatic rings. The molecule has 0 saturated heterocycles. The number of halogens is 1. The number of ether oxygens (including phenoxy) is 3. The molecule has 30 heavy (non-hydrogen) atoms. The van der Waals surface area contributed by atoms with E-state index in [0.29, 0.717) is 24.7 Å². The Bertz CT molecular complexity index is 1010. The first-order chi connectivity index (χ1) is 14.5. The molecule has 0 spiro atoms. The second-order valence-electron chi connectivity index (χ2n) is 6.77. The molecular weight excluding hydrogens is 385 g/mol. The minimum absolute atomic E-state index is 0.102. The van der Waals surface area contributed by atoms with Gasteiger partial charge in [0, 0.05) is 19.2 Å². The van der Waals surface area contributed by atoms with E-state index in [0.717, 1.165) is 11.1 Å². The SMILES string of the molecule is COc1ccc(C(=O)N(C)Cc2ccc(OCc3ccccc3)c(OC)c2)cc1F. The maximum atomic E-state index is 13.9. The molecule has 0 N–H and O–H groups in total. The van der Waals surface area contributed by atoms with Crippen molar-refractivity contribution in [3.63, 3.8) is 0 Å². The van der Waals surface area contributed by atoms with Gasteiger partial charge in [0.1, 0.15) is 6.61 Å². The van der Waals surface area contributed by atoms with Gasteiger partial charge in [-0.05, 0) is 41.5 Å². The molecule has 0 unspecified atom stereocenters. The topological polar surface area (TPSA) is 48.0 Å². The molecule has 0 saturated carbocycles. The van der Waals surface area contributed by atoms with Gasteiger partial charge in [-0.2, -0.15) is 0 Å². The number of methoxy groups -OCH3 is 2. The van der Waals surface area contributed by atoms with Crippen molar-refractivity contribution in [1.29, 1.82) is 0 Å². The fourth-order valence-electron chi connectivity index (χ4n) is 3.03. The fourth-order valence-corrected chi connectivity index (χ4v) is 3.03. The quantitative estimate of drug-likeness (QED) is 0.541. The Balaban J connectivity index is 1.68. The number of carbonyl (C=O) groups is 1. The molecule has 0 heterocycles. The van der Waals surface area contributed by atoms with E-state index in [4.69, 9.17) is 14.2 Å². The average molecular weight is 409 g/mol. The summed E-state index contributed by atoms with van der Waals surface area (Å²) in [4.78, 5) is 14.2. The highest BCUT2D eigenvalue weighted by atomic mass is 19.1. The van der Waals surface area contributed by atoms with Gasteiger partial charge in [-0.1, -0.05) is 36.4 Å². The Morgan fingerprint density at radius 2 is 1.57 bits per heavy atom. The number of rotatable bonds is 8. The Morgan fingerprint density at radius 1 is 0.867 bits per heavy atom. The van der Waals surface area contributed by atoms with Gasteiger partial charge in [-0.15, -0.1) is 0 Å². The highest BCUT2D eigenvalue weighted by molar-refractivity contribution is 5.94. The van der Waals surface area contributed by atoms with Gasteiger partial charge in [0.05, 0.1) is 14.2 Å². The van der Waals surface area contributed by atoms with Gasteiger partial charge in [-0.3, -0.25) is 4.79 Å². The van der Waals surface area contributed by atoms with Crippen LogP contribution in [0.2, 0.25) is 0 Å². The molecule has 5 nitrogen and oxygen atoms in total. The number of carbonyl (C=O) groups excluding carboxylic acids is 1. The van der Waals surface area contributed by atoms with Crippen LogP contribution in [0.5, 0.6) is 17.2 Å². The van der Waals surface area contributed by atoms with Gasteiger partial charge in [-0.25, -0.2) is 4.39 Å². The van der Waals surface area contributed by atoms with Gasteiger partial charge >= 0.3 is 0 Å². The first-order valence-electron chi connectivity index (χ1n) is 9.44. The van der Waals surface area contributed by atoms with E-state index >= 15 is 0 Å². The predicted molar refractivity (Wildman–Crippen MR) is 113 cm³/mol. The third-order valence-corrected chi connectivity index (χ3v) is 4.63. The van der Waals surface area contributed by atoms with Crippen molar-refractivity contribution in [1.82, 2.24) is 4.90 Å². The van der Waals surface area contributed by atoms with E-state index in [1.165, 1.54) is 24.1 Å². The van der Waals surface area contributed by atoms with Crippen molar-refractivity contribution in [2.75, 3.05) is 21.3 Å². The molecule has 0 bridgehead atoms. The van der Waals surface area contributed by atoms with Crippen molar-refractivity contribution in [2.24, 2.45) is 0 Å². The molecule has 6 heteroatoms. The number of benzene rings is 3. The van der Waals surface area contributed by atoms with E-state index in [-0.39, 0.29) is 17.2 Å². The molecular formula is C24H24FNO4. The molecule has 0 atom stereocenters. The maximum Gasteiger partial charge on any atom is 0.254 e. The van der Waals surface area contributed by atoms with Crippen LogP contribution in [0.3, 0.4) is 0 Å². The first-order valence-corrected chi connectivity index (χ1v) is 9.44. The van der Waals surface area contributed by atoms with E-state index in [1.54, 1.807) is 20.2 Å². The molecule has 0 aliphatic rings. The largest absolute Gasteiger partial charge is 0.494 e. The second-order valence-corrected chi connectivity index (χ2v) is 6.77. The summed E-state index contributed by atoms with van der Waals surface area (Å²) in [6.07, 6.45) is 0. The molecule has 0 aromatic heterocycles. The molecule has 0 fully saturated rings. The average Bonchev–Trinajstić information content (AvgIpc) is 2.78. The van der Waals surface area contributed by atoms with Crippen LogP contribution in [0.4, 0.5) is 4.39 Å². The monoisotopic (exact) mass is 409 g/mol. The van der Waals surface area contributed by atoms with E-state index in [9.17, 15) is 9.18 Å². The van der Waals surface area contributed by atoms with Crippen LogP contribution in [0, 0.1) is 5.82 Å². The third-order valence-electron chi connectivity index (χ3n) is 4.63. The summed E-state index contributed by atoms with van der Waals surface area (Å²) >= 11 is 0. The Kier molecular flexibility index (Phi) is 6.91. The molecule has 156 valence electrons. The van der Waals surface area contributed by atoms with E-state index in [2.05, 4.69) is 0 Å². The van der Waals surface area contributed by atoms with Crippen LogP contribution in [-0.4, -0.2) is 32.1 Å². The molecule has 3 aromatic carbocycles. The van der Waals surface area contributed by atoms with Crippen molar-refractivity contribution >= 4 is 5.91 Å². The summed E-state index contributed by atoms with van der Waals surface area (Å²) in [6.45, 7) is 0.764. The van der Waals surface area contributed by atoms with Crippen LogP contribution in [0.15, 0.2) is 66.7 Å². The number of hydrogen-bond acceptors (Lipinski definition) is 4. The number of amides is 1. The standard InChI is InChI=1S/C24H24FNO4/c1-26(24(27)19-10-12-21(28-2)20(25)14-19)15-18-9-11-22(23(13-18)29-3)30-16-17-7-5-4-6-8-17/h4-14H,15-16H2,1-3H3. The molecule has 3 rings (SSSR count). The lowest BCUT2D eigenvalue weighted by Gasteiger charge is -2.19. The molecule has 1 amide bonds. The van der Waals surface area contributed by atoms with Crippen LogP contribution in [0.25, 0.3) is 0 Å². The number of hydrogen-bond donors (Lipinski definition) is 0. The smallest absolute Gasteiger partial charge is 0.254 e. The van der Waals surface area contributed by atoms with Crippen molar-refractivity contribution < 1.29 is 23.4 Å². The predicted octanol–water partition coefficient (Wildman–Crippen LogP) is 4.69. The van der Waals surface area contributed by atoms with Crippen molar-refractivity contribution in [3.05, 3.63) is 89.2 Å². The van der Waals surface area contributed by atoms with Gasteiger partial charge in [0.15, 0.2) is 23.1 Å². The van der Waals surface area contributed by atoms with E-state index < -0.39 is 5.82 Å². The lowest BCUT2D eigenvalue weighted by molar-refractivity contribution is 0.0784. The van der Waals surface area contributed by atoms with Crippen LogP contribution in [0.1, 0.15) is 21.5 Å². The normalized spacial score (nSPS) is 10.4. The Hall–Kier alpha value is -3.54. The van der Waals surface area contributed by atoms with Crippen molar-refractivity contribution in [3.8, 4) is 17.2 Å². The van der Waals surface area contributed by atoms with E-state index in [1.807, 2.05) is 48.5 Å². The first kappa shape index (κ1) is 21.2. The zero-order chi connectivity index (χ0) is 21.5. The van der Waals surface area contributed by atoms with Gasteiger partial charge < -0.3 is 19.1 Å². The lowest BCUT2D eigenvalue weighted by Crippen LogP contribution is -2.26. The molecule has 0 aliphatic carbocycles. The maximum absolute atomic E-state index is 13.9. The third kappa shape index (κ3) is 5.08. The summed E-state index contributed by atoms with van der Waals surface area (Å²) in [7, 11) is 4.62. The highest BCUT2D eigenvalue weighted by Crippen LogP contribution is 2.29. The van der Waals surface area contributed by atoms with Crippen molar-refractivity contribution in [2.45, 2.75) is 13.2 Å². The summed E-state index contributed by atoms with van der Waals surface area (Å²) in [6, 6.07) is 19.5. The Morgan fingerprint density at radius 3 is 2.23 bits per heavy atom. The summed E-state index contributed by atoms with van der Waals surface area (Å²) in [5, 5.41) is 0. The van der Waals surface area contributed by atoms with Gasteiger partial charge in [0.2, 0.25) is 0 Å². The summed E-state index contributed by atoms with van der Waals surface area (Å²) < 4.78 is 30.1. The molecule has 0 radical (unpaired) electrons. The fraction of sp³-hybridized carbons (Fsp3) is 0.208.